The Labute approximate surface area is 136 Å². The van der Waals surface area contributed by atoms with Crippen LogP contribution in [0.4, 0.5) is 0 Å². The summed E-state index contributed by atoms with van der Waals surface area (Å²) >= 11 is 0. The molecule has 0 saturated carbocycles. The standard InChI is InChI=1S/C14H22O3.Y/c1-7-11(14(16)17-8-2)13(15)12(9(3)4)10(5)6;/h7,9-10,12H,3,5,8H2,1-2,4,6H3;/q-2;/b11-7-;. The van der Waals surface area contributed by atoms with Gasteiger partial charge in [-0.3, -0.25) is 4.79 Å². The van der Waals surface area contributed by atoms with E-state index >= 15 is 0 Å². The quantitative estimate of drug-likeness (QED) is 0.248. The van der Waals surface area contributed by atoms with Crippen LogP contribution in [0.25, 0.3) is 0 Å². The zero-order chi connectivity index (χ0) is 13.6. The van der Waals surface area contributed by atoms with Crippen LogP contribution in [0.1, 0.15) is 27.7 Å². The molecule has 0 N–H and O–H groups in total. The van der Waals surface area contributed by atoms with E-state index in [4.69, 9.17) is 4.74 Å². The van der Waals surface area contributed by atoms with Gasteiger partial charge in [0.25, 0.3) is 0 Å². The molecule has 0 aromatic rings. The topological polar surface area (TPSA) is 43.4 Å². The molecule has 0 aliphatic carbocycles. The molecule has 0 aromatic heterocycles. The molecule has 0 bridgehead atoms. The zero-order valence-electron chi connectivity index (χ0n) is 11.7. The summed E-state index contributed by atoms with van der Waals surface area (Å²) in [5.41, 5.74) is 0.0999. The van der Waals surface area contributed by atoms with Crippen molar-refractivity contribution in [3.63, 3.8) is 0 Å². The van der Waals surface area contributed by atoms with Crippen molar-refractivity contribution in [1.29, 1.82) is 0 Å². The predicted octanol–water partition coefficient (Wildman–Crippen LogP) is 2.62. The van der Waals surface area contributed by atoms with Gasteiger partial charge in [-0.05, 0) is 19.8 Å². The fraction of sp³-hybridized carbons (Fsp3) is 0.571. The number of ketones is 1. The SMILES string of the molecule is [CH2-]C(C)C(C(=O)/C(=C/C)C(=O)OCC)C([CH2-])C.[Y]. The minimum absolute atomic E-state index is 0. The largest absolute Gasteiger partial charge is 0.462 e. The van der Waals surface area contributed by atoms with E-state index in [9.17, 15) is 9.59 Å². The van der Waals surface area contributed by atoms with Gasteiger partial charge in [0.15, 0.2) is 5.78 Å². The maximum atomic E-state index is 12.2. The number of esters is 1. The molecule has 3 nitrogen and oxygen atoms in total. The van der Waals surface area contributed by atoms with E-state index in [-0.39, 0.29) is 68.4 Å². The molecule has 2 atom stereocenters. The van der Waals surface area contributed by atoms with Crippen LogP contribution in [-0.2, 0) is 47.0 Å². The molecule has 0 fully saturated rings. The molecule has 101 valence electrons. The van der Waals surface area contributed by atoms with Crippen LogP contribution in [0, 0.1) is 31.6 Å². The number of allylic oxidation sites excluding steroid dienone is 1. The van der Waals surface area contributed by atoms with Gasteiger partial charge in [-0.15, -0.1) is 0 Å². The molecular weight excluding hydrogens is 305 g/mol. The Bertz CT molecular complexity index is 298. The molecule has 0 aromatic carbocycles. The van der Waals surface area contributed by atoms with E-state index in [0.717, 1.165) is 0 Å². The van der Waals surface area contributed by atoms with Crippen LogP contribution < -0.4 is 0 Å². The van der Waals surface area contributed by atoms with Crippen molar-refractivity contribution in [2.75, 3.05) is 6.61 Å². The molecule has 0 spiro atoms. The Morgan fingerprint density at radius 1 is 1.22 bits per heavy atom. The second-order valence-electron chi connectivity index (χ2n) is 4.27. The molecule has 0 aliphatic heterocycles. The summed E-state index contributed by atoms with van der Waals surface area (Å²) in [5, 5.41) is 0. The number of carbonyl (C=O) groups is 2. The fourth-order valence-corrected chi connectivity index (χ4v) is 1.83. The van der Waals surface area contributed by atoms with E-state index in [1.807, 2.05) is 13.8 Å². The number of hydrogen-bond acceptors (Lipinski definition) is 3. The molecule has 0 saturated heterocycles. The third-order valence-electron chi connectivity index (χ3n) is 2.58. The van der Waals surface area contributed by atoms with Crippen LogP contribution in [0.15, 0.2) is 11.6 Å². The van der Waals surface area contributed by atoms with Crippen molar-refractivity contribution in [3.8, 4) is 0 Å². The van der Waals surface area contributed by atoms with Gasteiger partial charge >= 0.3 is 5.97 Å². The Kier molecular flexibility index (Phi) is 11.1. The summed E-state index contributed by atoms with van der Waals surface area (Å²) in [4.78, 5) is 23.8. The Balaban J connectivity index is 0. The molecule has 0 aliphatic rings. The first kappa shape index (κ1) is 20.3. The van der Waals surface area contributed by atoms with Gasteiger partial charge in [0.1, 0.15) is 0 Å². The van der Waals surface area contributed by atoms with Gasteiger partial charge in [-0.25, -0.2) is 4.79 Å². The minimum Gasteiger partial charge on any atom is -0.462 e. The molecule has 0 amide bonds. The van der Waals surface area contributed by atoms with Crippen LogP contribution in [0.2, 0.25) is 0 Å². The maximum Gasteiger partial charge on any atom is 0.341 e. The average molecular weight is 327 g/mol. The van der Waals surface area contributed by atoms with Crippen LogP contribution in [0.3, 0.4) is 0 Å². The van der Waals surface area contributed by atoms with Crippen molar-refractivity contribution in [3.05, 3.63) is 25.5 Å². The molecule has 18 heavy (non-hydrogen) atoms. The molecule has 2 unspecified atom stereocenters. The normalized spacial score (nSPS) is 16.2. The number of rotatable bonds is 6. The first-order valence-electron chi connectivity index (χ1n) is 5.90. The van der Waals surface area contributed by atoms with Gasteiger partial charge in [0.2, 0.25) is 0 Å². The molecule has 0 heterocycles. The number of ether oxygens (including phenoxy) is 1. The fourth-order valence-electron chi connectivity index (χ4n) is 1.83. The van der Waals surface area contributed by atoms with Crippen LogP contribution >= 0.6 is 0 Å². The monoisotopic (exact) mass is 327 g/mol. The second kappa shape index (κ2) is 9.85. The van der Waals surface area contributed by atoms with Crippen molar-refractivity contribution >= 4 is 11.8 Å². The smallest absolute Gasteiger partial charge is 0.341 e. The summed E-state index contributed by atoms with van der Waals surface area (Å²) in [6.45, 7) is 15.0. The number of carbonyl (C=O) groups excluding carboxylic acids is 2. The van der Waals surface area contributed by atoms with Gasteiger partial charge in [0.05, 0.1) is 12.2 Å². The summed E-state index contributed by atoms with van der Waals surface area (Å²) in [6.07, 6.45) is 1.50. The van der Waals surface area contributed by atoms with E-state index in [1.54, 1.807) is 13.8 Å². The van der Waals surface area contributed by atoms with Crippen molar-refractivity contribution in [2.24, 2.45) is 17.8 Å². The summed E-state index contributed by atoms with van der Waals surface area (Å²) in [7, 11) is 0. The first-order chi connectivity index (χ1) is 7.86. The zero-order valence-corrected chi connectivity index (χ0v) is 14.6. The van der Waals surface area contributed by atoms with Crippen LogP contribution in [0.5, 0.6) is 0 Å². The van der Waals surface area contributed by atoms with Crippen molar-refractivity contribution in [1.82, 2.24) is 0 Å². The predicted molar refractivity (Wildman–Crippen MR) is 67.9 cm³/mol. The molecule has 1 radical (unpaired) electrons. The summed E-state index contributed by atoms with van der Waals surface area (Å²) < 4.78 is 4.86. The molecule has 0 rings (SSSR count). The van der Waals surface area contributed by atoms with Crippen molar-refractivity contribution in [2.45, 2.75) is 27.7 Å². The Morgan fingerprint density at radius 3 is 1.94 bits per heavy atom. The maximum absolute atomic E-state index is 12.2. The van der Waals surface area contributed by atoms with E-state index in [2.05, 4.69) is 13.8 Å². The van der Waals surface area contributed by atoms with E-state index in [0.29, 0.717) is 0 Å². The third kappa shape index (κ3) is 5.75. The second-order valence-corrected chi connectivity index (χ2v) is 4.27. The van der Waals surface area contributed by atoms with Gasteiger partial charge in [0, 0.05) is 32.7 Å². The van der Waals surface area contributed by atoms with Gasteiger partial charge in [-0.2, -0.15) is 11.8 Å². The number of Topliss-reactive ketones (excluding diaryl/α,β-unsaturated/α-hetero) is 1. The van der Waals surface area contributed by atoms with E-state index in [1.165, 1.54) is 6.08 Å². The third-order valence-corrected chi connectivity index (χ3v) is 2.58. The molecular formula is C14H22O3Y-2. The van der Waals surface area contributed by atoms with Gasteiger partial charge < -0.3 is 18.6 Å². The van der Waals surface area contributed by atoms with Gasteiger partial charge in [-0.1, -0.05) is 19.9 Å². The average Bonchev–Trinajstić information content (AvgIpc) is 2.17. The number of hydrogen-bond donors (Lipinski definition) is 0. The van der Waals surface area contributed by atoms with Crippen molar-refractivity contribution < 1.29 is 47.0 Å². The minimum atomic E-state index is -0.564. The summed E-state index contributed by atoms with van der Waals surface area (Å²) in [6, 6.07) is 0. The van der Waals surface area contributed by atoms with E-state index < -0.39 is 5.97 Å². The van der Waals surface area contributed by atoms with Crippen LogP contribution in [-0.4, -0.2) is 18.4 Å². The molecule has 4 heteroatoms. The Hall–Kier alpha value is -0.0161. The summed E-state index contributed by atoms with van der Waals surface area (Å²) in [5.74, 6) is -1.34. The Morgan fingerprint density at radius 2 is 1.67 bits per heavy atom. The first-order valence-corrected chi connectivity index (χ1v) is 5.90.